The molecule has 1 aromatic heterocycles. The smallest absolute Gasteiger partial charge is 0.305 e. The van der Waals surface area contributed by atoms with Gasteiger partial charge in [0.05, 0.1) is 12.1 Å². The van der Waals surface area contributed by atoms with Crippen molar-refractivity contribution in [1.29, 1.82) is 0 Å². The molecule has 1 aromatic carbocycles. The Bertz CT molecular complexity index is 727. The number of carbonyl (C=O) groups excluding carboxylic acids is 1. The molecule has 0 bridgehead atoms. The van der Waals surface area contributed by atoms with Crippen molar-refractivity contribution in [2.24, 2.45) is 0 Å². The fourth-order valence-corrected chi connectivity index (χ4v) is 3.06. The van der Waals surface area contributed by atoms with Crippen molar-refractivity contribution in [2.75, 3.05) is 6.54 Å². The Balaban J connectivity index is 1.82. The molecule has 1 N–H and O–H groups in total. The highest BCUT2D eigenvalue weighted by atomic mass is 16.4. The summed E-state index contributed by atoms with van der Waals surface area (Å²) < 4.78 is 1.65. The number of aryl methyl sites for hydroxylation is 1. The molecule has 0 radical (unpaired) electrons. The van der Waals surface area contributed by atoms with E-state index < -0.39 is 5.97 Å². The second kappa shape index (κ2) is 6.20. The lowest BCUT2D eigenvalue weighted by Crippen LogP contribution is -2.36. The van der Waals surface area contributed by atoms with Crippen molar-refractivity contribution in [3.8, 4) is 5.69 Å². The van der Waals surface area contributed by atoms with Crippen LogP contribution in [0.15, 0.2) is 30.9 Å². The number of carbonyl (C=O) groups is 2. The normalized spacial score (nSPS) is 17.4. The number of carboxylic acids is 1. The summed E-state index contributed by atoms with van der Waals surface area (Å²) in [6.07, 6.45) is 4.65. The number of amides is 1. The van der Waals surface area contributed by atoms with Gasteiger partial charge in [0.15, 0.2) is 0 Å². The van der Waals surface area contributed by atoms with E-state index in [-0.39, 0.29) is 18.4 Å². The van der Waals surface area contributed by atoms with Crippen molar-refractivity contribution < 1.29 is 14.7 Å². The van der Waals surface area contributed by atoms with E-state index in [1.165, 1.54) is 6.33 Å². The molecule has 1 saturated heterocycles. The summed E-state index contributed by atoms with van der Waals surface area (Å²) in [5, 5.41) is 13.1. The van der Waals surface area contributed by atoms with Crippen molar-refractivity contribution in [3.05, 3.63) is 42.0 Å². The number of hydrogen-bond donors (Lipinski definition) is 1. The second-order valence-corrected chi connectivity index (χ2v) is 5.73. The van der Waals surface area contributed by atoms with Crippen LogP contribution in [0.25, 0.3) is 5.69 Å². The molecule has 1 fully saturated rings. The maximum Gasteiger partial charge on any atom is 0.305 e. The Morgan fingerprint density at radius 1 is 1.39 bits per heavy atom. The molecule has 1 amide bonds. The number of nitrogens with zero attached hydrogens (tertiary/aromatic N) is 4. The zero-order valence-corrected chi connectivity index (χ0v) is 12.8. The van der Waals surface area contributed by atoms with Crippen LogP contribution < -0.4 is 0 Å². The van der Waals surface area contributed by atoms with Crippen molar-refractivity contribution in [2.45, 2.75) is 32.2 Å². The number of aliphatic carboxylic acids is 1. The van der Waals surface area contributed by atoms with Crippen molar-refractivity contribution in [1.82, 2.24) is 19.7 Å². The van der Waals surface area contributed by atoms with Gasteiger partial charge >= 0.3 is 5.97 Å². The molecule has 23 heavy (non-hydrogen) atoms. The topological polar surface area (TPSA) is 88.3 Å². The number of likely N-dealkylation sites (tertiary alicyclic amines) is 1. The number of rotatable bonds is 4. The fraction of sp³-hybridized carbons (Fsp3) is 0.375. The first-order valence-electron chi connectivity index (χ1n) is 7.54. The monoisotopic (exact) mass is 314 g/mol. The summed E-state index contributed by atoms with van der Waals surface area (Å²) in [6.45, 7) is 2.52. The molecular weight excluding hydrogens is 296 g/mol. The molecule has 0 saturated carbocycles. The molecule has 1 atom stereocenters. The first kappa shape index (κ1) is 15.2. The lowest BCUT2D eigenvalue weighted by atomic mass is 10.1. The lowest BCUT2D eigenvalue weighted by Gasteiger charge is -2.24. The molecule has 0 aliphatic carbocycles. The zero-order valence-electron chi connectivity index (χ0n) is 12.8. The minimum absolute atomic E-state index is 0.00175. The highest BCUT2D eigenvalue weighted by Crippen LogP contribution is 2.24. The van der Waals surface area contributed by atoms with E-state index >= 15 is 0 Å². The Labute approximate surface area is 133 Å². The van der Waals surface area contributed by atoms with Gasteiger partial charge in [0.1, 0.15) is 12.7 Å². The van der Waals surface area contributed by atoms with Crippen molar-refractivity contribution in [3.63, 3.8) is 0 Å². The predicted octanol–water partition coefficient (Wildman–Crippen LogP) is 1.66. The minimum Gasteiger partial charge on any atom is -0.481 e. The third-order valence-electron chi connectivity index (χ3n) is 4.16. The standard InChI is InChI=1S/C16H18N4O3/c1-11-7-12(4-5-14(11)20-10-17-9-18-20)16(23)19-6-2-3-13(19)8-15(21)22/h4-5,7,9-10,13H,2-3,6,8H2,1H3,(H,21,22). The van der Waals surface area contributed by atoms with E-state index in [2.05, 4.69) is 10.1 Å². The molecule has 7 heteroatoms. The molecule has 2 heterocycles. The Kier molecular flexibility index (Phi) is 4.10. The molecule has 7 nitrogen and oxygen atoms in total. The average Bonchev–Trinajstić information content (AvgIpc) is 3.17. The highest BCUT2D eigenvalue weighted by Gasteiger charge is 2.31. The van der Waals surface area contributed by atoms with Crippen LogP contribution in [-0.2, 0) is 4.79 Å². The maximum absolute atomic E-state index is 12.7. The first-order chi connectivity index (χ1) is 11.1. The van der Waals surface area contributed by atoms with Crippen LogP contribution in [0.4, 0.5) is 0 Å². The van der Waals surface area contributed by atoms with E-state index in [4.69, 9.17) is 5.11 Å². The van der Waals surface area contributed by atoms with Crippen LogP contribution in [0.3, 0.4) is 0 Å². The predicted molar refractivity (Wildman–Crippen MR) is 82.4 cm³/mol. The van der Waals surface area contributed by atoms with Crippen LogP contribution in [0.5, 0.6) is 0 Å². The van der Waals surface area contributed by atoms with Gasteiger partial charge in [-0.3, -0.25) is 9.59 Å². The van der Waals surface area contributed by atoms with Gasteiger partial charge in [-0.1, -0.05) is 0 Å². The van der Waals surface area contributed by atoms with Gasteiger partial charge in [-0.15, -0.1) is 0 Å². The van der Waals surface area contributed by atoms with E-state index in [1.54, 1.807) is 22.0 Å². The molecule has 1 unspecified atom stereocenters. The van der Waals surface area contributed by atoms with E-state index in [9.17, 15) is 9.59 Å². The fourth-order valence-electron chi connectivity index (χ4n) is 3.06. The second-order valence-electron chi connectivity index (χ2n) is 5.73. The summed E-state index contributed by atoms with van der Waals surface area (Å²) >= 11 is 0. The quantitative estimate of drug-likeness (QED) is 0.927. The molecule has 0 spiro atoms. The van der Waals surface area contributed by atoms with Gasteiger partial charge in [0.2, 0.25) is 0 Å². The molecule has 1 aliphatic heterocycles. The molecule has 3 rings (SSSR count). The molecule has 2 aromatic rings. The summed E-state index contributed by atoms with van der Waals surface area (Å²) in [4.78, 5) is 29.2. The summed E-state index contributed by atoms with van der Waals surface area (Å²) in [6, 6.07) is 5.19. The SMILES string of the molecule is Cc1cc(C(=O)N2CCCC2CC(=O)O)ccc1-n1cncn1. The molecular formula is C16H18N4O3. The van der Waals surface area contributed by atoms with Gasteiger partial charge in [-0.25, -0.2) is 9.67 Å². The van der Waals surface area contributed by atoms with E-state index in [0.717, 1.165) is 24.1 Å². The van der Waals surface area contributed by atoms with Gasteiger partial charge in [-0.05, 0) is 43.5 Å². The third kappa shape index (κ3) is 3.08. The zero-order chi connectivity index (χ0) is 16.4. The lowest BCUT2D eigenvalue weighted by molar-refractivity contribution is -0.137. The van der Waals surface area contributed by atoms with Crippen LogP contribution in [0.2, 0.25) is 0 Å². The van der Waals surface area contributed by atoms with Gasteiger partial charge in [-0.2, -0.15) is 5.10 Å². The largest absolute Gasteiger partial charge is 0.481 e. The van der Waals surface area contributed by atoms with E-state index in [0.29, 0.717) is 12.1 Å². The summed E-state index contributed by atoms with van der Waals surface area (Å²) in [5.74, 6) is -0.977. The third-order valence-corrected chi connectivity index (χ3v) is 4.16. The van der Waals surface area contributed by atoms with Gasteiger partial charge in [0, 0.05) is 18.2 Å². The van der Waals surface area contributed by atoms with Gasteiger partial charge < -0.3 is 10.0 Å². The minimum atomic E-state index is -0.868. The number of benzene rings is 1. The number of aromatic nitrogens is 3. The van der Waals surface area contributed by atoms with Crippen LogP contribution >= 0.6 is 0 Å². The number of carboxylic acid groups (broad SMARTS) is 1. The molecule has 120 valence electrons. The highest BCUT2D eigenvalue weighted by molar-refractivity contribution is 5.95. The van der Waals surface area contributed by atoms with Gasteiger partial charge in [0.25, 0.3) is 5.91 Å². The molecule has 1 aliphatic rings. The van der Waals surface area contributed by atoms with E-state index in [1.807, 2.05) is 19.1 Å². The Morgan fingerprint density at radius 3 is 2.87 bits per heavy atom. The average molecular weight is 314 g/mol. The van der Waals surface area contributed by atoms with Crippen LogP contribution in [-0.4, -0.2) is 49.2 Å². The Hall–Kier alpha value is -2.70. The number of hydrogen-bond acceptors (Lipinski definition) is 4. The first-order valence-corrected chi connectivity index (χ1v) is 7.54. The van der Waals surface area contributed by atoms with Crippen molar-refractivity contribution >= 4 is 11.9 Å². The Morgan fingerprint density at radius 2 is 2.22 bits per heavy atom. The maximum atomic E-state index is 12.7. The van der Waals surface area contributed by atoms with Crippen LogP contribution in [0, 0.1) is 6.92 Å². The summed E-state index contributed by atoms with van der Waals surface area (Å²) in [5.41, 5.74) is 2.35. The summed E-state index contributed by atoms with van der Waals surface area (Å²) in [7, 11) is 0. The van der Waals surface area contributed by atoms with Crippen LogP contribution in [0.1, 0.15) is 35.2 Å².